The first-order valence-electron chi connectivity index (χ1n) is 6.61. The fraction of sp³-hybridized carbons (Fsp3) is 0.429. The summed E-state index contributed by atoms with van der Waals surface area (Å²) in [5, 5.41) is 4.84. The first-order chi connectivity index (χ1) is 10.1. The minimum absolute atomic E-state index is 0.276. The van der Waals surface area contributed by atoms with Gasteiger partial charge < -0.3 is 4.74 Å². The fourth-order valence-corrected chi connectivity index (χ4v) is 3.19. The zero-order valence-corrected chi connectivity index (χ0v) is 12.8. The predicted molar refractivity (Wildman–Crippen MR) is 75.9 cm³/mol. The van der Waals surface area contributed by atoms with Crippen molar-refractivity contribution < 1.29 is 13.5 Å². The van der Waals surface area contributed by atoms with Gasteiger partial charge in [0.05, 0.1) is 13.2 Å². The van der Waals surface area contributed by atoms with Crippen molar-refractivity contribution in [2.75, 3.05) is 11.9 Å². The highest BCUT2D eigenvalue weighted by molar-refractivity contribution is 9.09. The average Bonchev–Trinajstić information content (AvgIpc) is 3.09. The molecule has 1 saturated heterocycles. The van der Waals surface area contributed by atoms with Crippen molar-refractivity contribution in [2.45, 2.75) is 18.6 Å². The second-order valence-corrected chi connectivity index (χ2v) is 5.89. The number of nitrogens with zero attached hydrogens (tertiary/aromatic N) is 3. The average molecular weight is 358 g/mol. The van der Waals surface area contributed by atoms with Crippen molar-refractivity contribution in [2.24, 2.45) is 5.92 Å². The summed E-state index contributed by atoms with van der Waals surface area (Å²) >= 11 is 3.44. The Morgan fingerprint density at radius 1 is 1.43 bits per heavy atom. The molecular formula is C14H14BrF2N3O. The molecule has 0 aliphatic carbocycles. The number of halogens is 3. The highest BCUT2D eigenvalue weighted by atomic mass is 79.9. The lowest BCUT2D eigenvalue weighted by atomic mass is 9.87. The van der Waals surface area contributed by atoms with E-state index in [1.807, 2.05) is 0 Å². The summed E-state index contributed by atoms with van der Waals surface area (Å²) in [5.74, 6) is -0.912. The molecule has 0 saturated carbocycles. The van der Waals surface area contributed by atoms with Crippen molar-refractivity contribution in [1.29, 1.82) is 0 Å². The summed E-state index contributed by atoms with van der Waals surface area (Å²) in [7, 11) is 0. The van der Waals surface area contributed by atoms with Crippen molar-refractivity contribution in [3.8, 4) is 0 Å². The summed E-state index contributed by atoms with van der Waals surface area (Å²) in [4.78, 5) is 3.90. The van der Waals surface area contributed by atoms with Gasteiger partial charge in [0.1, 0.15) is 29.9 Å². The summed E-state index contributed by atoms with van der Waals surface area (Å²) in [5.41, 5.74) is -0.480. The van der Waals surface area contributed by atoms with Crippen LogP contribution in [0.3, 0.4) is 0 Å². The van der Waals surface area contributed by atoms with Crippen molar-refractivity contribution >= 4 is 15.9 Å². The molecule has 3 rings (SSSR count). The van der Waals surface area contributed by atoms with Crippen LogP contribution in [-0.2, 0) is 16.9 Å². The lowest BCUT2D eigenvalue weighted by molar-refractivity contribution is -0.0202. The molecular weight excluding hydrogens is 344 g/mol. The van der Waals surface area contributed by atoms with Crippen LogP contribution in [-0.4, -0.2) is 26.7 Å². The highest BCUT2D eigenvalue weighted by Crippen LogP contribution is 2.42. The second kappa shape index (κ2) is 5.81. The zero-order chi connectivity index (χ0) is 14.9. The zero-order valence-electron chi connectivity index (χ0n) is 11.2. The van der Waals surface area contributed by atoms with Crippen LogP contribution in [0.15, 0.2) is 30.9 Å². The van der Waals surface area contributed by atoms with Crippen molar-refractivity contribution in [1.82, 2.24) is 14.8 Å². The number of rotatable bonds is 4. The molecule has 0 N–H and O–H groups in total. The smallest absolute Gasteiger partial charge is 0.137 e. The Kier molecular flexibility index (Phi) is 4.03. The molecule has 1 aliphatic rings. The van der Waals surface area contributed by atoms with E-state index in [-0.39, 0.29) is 5.92 Å². The third-order valence-electron chi connectivity index (χ3n) is 3.74. The molecule has 2 heterocycles. The molecule has 112 valence electrons. The molecule has 4 nitrogen and oxygen atoms in total. The lowest BCUT2D eigenvalue weighted by Gasteiger charge is -2.29. The summed E-state index contributed by atoms with van der Waals surface area (Å²) < 4.78 is 34.9. The molecule has 1 aliphatic heterocycles. The van der Waals surface area contributed by atoms with E-state index in [0.717, 1.165) is 11.4 Å². The number of ether oxygens (including phenoxy) is 1. The summed E-state index contributed by atoms with van der Waals surface area (Å²) in [6.07, 6.45) is 3.63. The van der Waals surface area contributed by atoms with Crippen LogP contribution >= 0.6 is 15.9 Å². The molecule has 1 aromatic carbocycles. The lowest BCUT2D eigenvalue weighted by Crippen LogP contribution is -2.32. The number of hydrogen-bond acceptors (Lipinski definition) is 3. The number of aromatic nitrogens is 3. The Balaban J connectivity index is 1.99. The maximum Gasteiger partial charge on any atom is 0.137 e. The van der Waals surface area contributed by atoms with E-state index in [1.165, 1.54) is 18.5 Å². The van der Waals surface area contributed by atoms with E-state index in [2.05, 4.69) is 26.0 Å². The van der Waals surface area contributed by atoms with Crippen LogP contribution in [0, 0.1) is 17.6 Å². The van der Waals surface area contributed by atoms with Gasteiger partial charge in [-0.3, -0.25) is 0 Å². The first-order valence-corrected chi connectivity index (χ1v) is 7.73. The van der Waals surface area contributed by atoms with Gasteiger partial charge in [0.25, 0.3) is 0 Å². The summed E-state index contributed by atoms with van der Waals surface area (Å²) in [6, 6.07) is 3.60. The molecule has 0 spiro atoms. The molecule has 21 heavy (non-hydrogen) atoms. The van der Waals surface area contributed by atoms with Crippen LogP contribution < -0.4 is 0 Å². The van der Waals surface area contributed by atoms with Crippen LogP contribution in [0.1, 0.15) is 12.0 Å². The van der Waals surface area contributed by atoms with E-state index < -0.39 is 17.2 Å². The molecule has 2 atom stereocenters. The Morgan fingerprint density at radius 3 is 2.90 bits per heavy atom. The van der Waals surface area contributed by atoms with E-state index in [4.69, 9.17) is 4.74 Å². The fourth-order valence-electron chi connectivity index (χ4n) is 2.78. The molecule has 0 bridgehead atoms. The van der Waals surface area contributed by atoms with Crippen molar-refractivity contribution in [3.05, 3.63) is 48.1 Å². The predicted octanol–water partition coefficient (Wildman–Crippen LogP) is 2.88. The van der Waals surface area contributed by atoms with Gasteiger partial charge in [-0.05, 0) is 18.4 Å². The summed E-state index contributed by atoms with van der Waals surface area (Å²) in [6.45, 7) is 0.871. The maximum absolute atomic E-state index is 14.2. The Bertz CT molecular complexity index is 623. The maximum atomic E-state index is 14.2. The van der Waals surface area contributed by atoms with Gasteiger partial charge in [-0.2, -0.15) is 5.10 Å². The van der Waals surface area contributed by atoms with Crippen LogP contribution in [0.2, 0.25) is 0 Å². The quantitative estimate of drug-likeness (QED) is 0.790. The van der Waals surface area contributed by atoms with Crippen molar-refractivity contribution in [3.63, 3.8) is 0 Å². The molecule has 2 aromatic rings. The molecule has 7 heteroatoms. The highest BCUT2D eigenvalue weighted by Gasteiger charge is 2.44. The number of alkyl halides is 1. The standard InChI is InChI=1S/C14H14BrF2N3O/c15-5-10-4-14(21-6-10,7-20-9-18-8-19-20)12-2-1-11(16)3-13(12)17/h1-3,8-10H,4-7H2/t10?,14-/m1/s1. The van der Waals surface area contributed by atoms with Gasteiger partial charge in [-0.25, -0.2) is 18.4 Å². The number of hydrogen-bond donors (Lipinski definition) is 0. The van der Waals surface area contributed by atoms with Crippen LogP contribution in [0.25, 0.3) is 0 Å². The molecule has 1 fully saturated rings. The molecule has 0 radical (unpaired) electrons. The molecule has 1 aromatic heterocycles. The Labute approximate surface area is 129 Å². The molecule has 1 unspecified atom stereocenters. The second-order valence-electron chi connectivity index (χ2n) is 5.25. The van der Waals surface area contributed by atoms with Gasteiger partial charge in [0, 0.05) is 17.0 Å². The van der Waals surface area contributed by atoms with Crippen LogP contribution in [0.4, 0.5) is 8.78 Å². The monoisotopic (exact) mass is 357 g/mol. The Morgan fingerprint density at radius 2 is 2.29 bits per heavy atom. The normalized spacial score (nSPS) is 25.4. The van der Waals surface area contributed by atoms with Gasteiger partial charge in [0.2, 0.25) is 0 Å². The number of benzene rings is 1. The van der Waals surface area contributed by atoms with Gasteiger partial charge in [-0.15, -0.1) is 0 Å². The topological polar surface area (TPSA) is 39.9 Å². The third kappa shape index (κ3) is 2.85. The van der Waals surface area contributed by atoms with E-state index in [9.17, 15) is 8.78 Å². The minimum Gasteiger partial charge on any atom is -0.368 e. The first kappa shape index (κ1) is 14.6. The van der Waals surface area contributed by atoms with Gasteiger partial charge in [0.15, 0.2) is 0 Å². The largest absolute Gasteiger partial charge is 0.368 e. The Hall–Kier alpha value is -1.34. The molecule has 0 amide bonds. The van der Waals surface area contributed by atoms with Gasteiger partial charge >= 0.3 is 0 Å². The van der Waals surface area contributed by atoms with E-state index in [0.29, 0.717) is 25.1 Å². The van der Waals surface area contributed by atoms with Crippen LogP contribution in [0.5, 0.6) is 0 Å². The van der Waals surface area contributed by atoms with E-state index >= 15 is 0 Å². The van der Waals surface area contributed by atoms with Gasteiger partial charge in [-0.1, -0.05) is 22.0 Å². The SMILES string of the molecule is Fc1ccc([C@]2(Cn3cncn3)CC(CBr)CO2)c(F)c1. The van der Waals surface area contributed by atoms with E-state index in [1.54, 1.807) is 11.0 Å². The third-order valence-corrected chi connectivity index (χ3v) is 4.65. The minimum atomic E-state index is -0.843.